The number of nitrogens with two attached hydrogens (primary N) is 1. The van der Waals surface area contributed by atoms with Crippen LogP contribution in [-0.4, -0.2) is 12.5 Å². The lowest BCUT2D eigenvalue weighted by atomic mass is 9.68. The number of ether oxygens (including phenoxy) is 1. The molecule has 4 rings (SSSR count). The van der Waals surface area contributed by atoms with Gasteiger partial charge in [-0.15, -0.1) is 0 Å². The summed E-state index contributed by atoms with van der Waals surface area (Å²) in [4.78, 5) is 12.8. The molecule has 0 bridgehead atoms. The molecular weight excluding hydrogens is 268 g/mol. The van der Waals surface area contributed by atoms with Crippen LogP contribution in [0.5, 0.6) is 0 Å². The lowest BCUT2D eigenvalue weighted by molar-refractivity contribution is -0.118. The van der Waals surface area contributed by atoms with Gasteiger partial charge in [-0.2, -0.15) is 5.26 Å². The van der Waals surface area contributed by atoms with Crippen molar-refractivity contribution in [3.05, 3.63) is 52.7 Å². The number of hydrogen-bond donors (Lipinski definition) is 3. The molecule has 0 fully saturated rings. The Balaban J connectivity index is 2.10. The summed E-state index contributed by atoms with van der Waals surface area (Å²) in [5, 5.41) is 15.5. The van der Waals surface area contributed by atoms with Gasteiger partial charge in [0.2, 0.25) is 11.8 Å². The van der Waals surface area contributed by atoms with Crippen LogP contribution in [0.15, 0.2) is 47.2 Å². The SMILES string of the molecule is N#CC1=C(N)OC2=C(CCN2)C12C(=O)Nc1ccccc12. The van der Waals surface area contributed by atoms with E-state index in [0.717, 1.165) is 11.1 Å². The lowest BCUT2D eigenvalue weighted by Crippen LogP contribution is -2.42. The van der Waals surface area contributed by atoms with Crippen LogP contribution in [0.2, 0.25) is 0 Å². The van der Waals surface area contributed by atoms with Crippen LogP contribution in [-0.2, 0) is 14.9 Å². The third-order valence-electron chi connectivity index (χ3n) is 4.25. The first-order valence-corrected chi connectivity index (χ1v) is 6.66. The zero-order chi connectivity index (χ0) is 14.6. The van der Waals surface area contributed by atoms with E-state index in [-0.39, 0.29) is 17.4 Å². The van der Waals surface area contributed by atoms with E-state index >= 15 is 0 Å². The molecule has 1 amide bonds. The Labute approximate surface area is 120 Å². The third kappa shape index (κ3) is 1.23. The van der Waals surface area contributed by atoms with Crippen molar-refractivity contribution in [2.75, 3.05) is 11.9 Å². The van der Waals surface area contributed by atoms with Gasteiger partial charge < -0.3 is 21.1 Å². The maximum Gasteiger partial charge on any atom is 0.244 e. The molecule has 104 valence electrons. The fourth-order valence-corrected chi connectivity index (χ4v) is 3.42. The molecule has 1 spiro atoms. The number of carbonyl (C=O) groups excluding carboxylic acids is 1. The van der Waals surface area contributed by atoms with Gasteiger partial charge >= 0.3 is 0 Å². The number of nitrogens with one attached hydrogen (secondary N) is 2. The van der Waals surface area contributed by atoms with Crippen molar-refractivity contribution in [3.8, 4) is 6.07 Å². The fourth-order valence-electron chi connectivity index (χ4n) is 3.42. The van der Waals surface area contributed by atoms with Gasteiger partial charge in [0.1, 0.15) is 17.1 Å². The Morgan fingerprint density at radius 3 is 3.00 bits per heavy atom. The van der Waals surface area contributed by atoms with Gasteiger partial charge in [0, 0.05) is 23.4 Å². The highest BCUT2D eigenvalue weighted by Gasteiger charge is 2.58. The van der Waals surface area contributed by atoms with Crippen LogP contribution in [0.1, 0.15) is 12.0 Å². The molecule has 0 radical (unpaired) electrons. The van der Waals surface area contributed by atoms with Gasteiger partial charge in [-0.1, -0.05) is 18.2 Å². The Kier molecular flexibility index (Phi) is 2.14. The number of anilines is 1. The molecule has 0 aliphatic carbocycles. The zero-order valence-corrected chi connectivity index (χ0v) is 11.1. The highest BCUT2D eigenvalue weighted by Crippen LogP contribution is 2.52. The Bertz CT molecular complexity index is 787. The lowest BCUT2D eigenvalue weighted by Gasteiger charge is -2.32. The van der Waals surface area contributed by atoms with Crippen molar-refractivity contribution in [2.45, 2.75) is 11.8 Å². The first kappa shape index (κ1) is 11.9. The van der Waals surface area contributed by atoms with E-state index in [1.807, 2.05) is 24.3 Å². The number of rotatable bonds is 0. The monoisotopic (exact) mass is 280 g/mol. The summed E-state index contributed by atoms with van der Waals surface area (Å²) in [6, 6.07) is 9.45. The minimum atomic E-state index is -1.16. The number of nitrogens with zero attached hydrogens (tertiary/aromatic N) is 1. The second-order valence-electron chi connectivity index (χ2n) is 5.19. The Morgan fingerprint density at radius 1 is 1.38 bits per heavy atom. The summed E-state index contributed by atoms with van der Waals surface area (Å²) in [6.45, 7) is 0.661. The second-order valence-corrected chi connectivity index (χ2v) is 5.19. The molecule has 6 heteroatoms. The predicted molar refractivity (Wildman–Crippen MR) is 74.3 cm³/mol. The standard InChI is InChI=1S/C15H12N4O2/c16-7-10-12(17)21-13-9(5-6-18-13)15(10)8-3-1-2-4-11(8)19-14(15)20/h1-4,18H,5-6,17H2,(H,19,20). The maximum atomic E-state index is 12.8. The minimum Gasteiger partial charge on any atom is -0.425 e. The van der Waals surface area contributed by atoms with E-state index in [0.29, 0.717) is 24.5 Å². The van der Waals surface area contributed by atoms with Crippen molar-refractivity contribution in [1.29, 1.82) is 5.26 Å². The van der Waals surface area contributed by atoms with Gasteiger partial charge in [-0.05, 0) is 12.5 Å². The molecule has 21 heavy (non-hydrogen) atoms. The maximum absolute atomic E-state index is 12.8. The highest BCUT2D eigenvalue weighted by molar-refractivity contribution is 6.12. The molecule has 1 atom stereocenters. The summed E-state index contributed by atoms with van der Waals surface area (Å²) in [5.41, 5.74) is 7.14. The normalized spacial score (nSPS) is 26.0. The molecule has 0 aromatic heterocycles. The van der Waals surface area contributed by atoms with Gasteiger partial charge in [0.15, 0.2) is 5.88 Å². The highest BCUT2D eigenvalue weighted by atomic mass is 16.5. The molecule has 1 aromatic carbocycles. The molecular formula is C15H12N4O2. The largest absolute Gasteiger partial charge is 0.425 e. The average molecular weight is 280 g/mol. The molecule has 1 unspecified atom stereocenters. The Hall–Kier alpha value is -2.94. The summed E-state index contributed by atoms with van der Waals surface area (Å²) in [7, 11) is 0. The summed E-state index contributed by atoms with van der Waals surface area (Å²) >= 11 is 0. The van der Waals surface area contributed by atoms with E-state index in [2.05, 4.69) is 16.7 Å². The number of amides is 1. The van der Waals surface area contributed by atoms with Crippen molar-refractivity contribution in [1.82, 2.24) is 5.32 Å². The van der Waals surface area contributed by atoms with Gasteiger partial charge in [0.05, 0.1) is 0 Å². The average Bonchev–Trinajstić information content (AvgIpc) is 3.04. The summed E-state index contributed by atoms with van der Waals surface area (Å²) < 4.78 is 5.49. The molecule has 4 N–H and O–H groups in total. The minimum absolute atomic E-state index is 0.0162. The van der Waals surface area contributed by atoms with E-state index in [1.165, 1.54) is 0 Å². The van der Waals surface area contributed by atoms with Crippen LogP contribution >= 0.6 is 0 Å². The molecule has 0 saturated heterocycles. The molecule has 0 saturated carbocycles. The van der Waals surface area contributed by atoms with Crippen molar-refractivity contribution < 1.29 is 9.53 Å². The van der Waals surface area contributed by atoms with Gasteiger partial charge in [-0.25, -0.2) is 0 Å². The predicted octanol–water partition coefficient (Wildman–Crippen LogP) is 0.805. The Morgan fingerprint density at radius 2 is 2.19 bits per heavy atom. The second kappa shape index (κ2) is 3.79. The number of hydrogen-bond acceptors (Lipinski definition) is 5. The molecule has 3 aliphatic heterocycles. The third-order valence-corrected chi connectivity index (χ3v) is 4.25. The van der Waals surface area contributed by atoms with Crippen LogP contribution < -0.4 is 16.4 Å². The topological polar surface area (TPSA) is 100 Å². The zero-order valence-electron chi connectivity index (χ0n) is 11.1. The van der Waals surface area contributed by atoms with Crippen LogP contribution in [0, 0.1) is 11.3 Å². The van der Waals surface area contributed by atoms with E-state index < -0.39 is 5.41 Å². The van der Waals surface area contributed by atoms with Crippen LogP contribution in [0.4, 0.5) is 5.69 Å². The van der Waals surface area contributed by atoms with Crippen molar-refractivity contribution >= 4 is 11.6 Å². The van der Waals surface area contributed by atoms with Crippen LogP contribution in [0.3, 0.4) is 0 Å². The number of fused-ring (bicyclic) bond motifs is 3. The molecule has 6 nitrogen and oxygen atoms in total. The summed E-state index contributed by atoms with van der Waals surface area (Å²) in [5.74, 6) is 0.235. The van der Waals surface area contributed by atoms with Gasteiger partial charge in [0.25, 0.3) is 0 Å². The van der Waals surface area contributed by atoms with E-state index in [1.54, 1.807) is 0 Å². The van der Waals surface area contributed by atoms with Gasteiger partial charge in [-0.3, -0.25) is 4.79 Å². The summed E-state index contributed by atoms with van der Waals surface area (Å²) in [6.07, 6.45) is 0.634. The quantitative estimate of drug-likeness (QED) is 0.653. The van der Waals surface area contributed by atoms with Crippen molar-refractivity contribution in [3.63, 3.8) is 0 Å². The number of para-hydroxylation sites is 1. The van der Waals surface area contributed by atoms with E-state index in [4.69, 9.17) is 10.5 Å². The van der Waals surface area contributed by atoms with Crippen LogP contribution in [0.25, 0.3) is 0 Å². The van der Waals surface area contributed by atoms with Crippen molar-refractivity contribution in [2.24, 2.45) is 5.73 Å². The fraction of sp³-hybridized carbons (Fsp3) is 0.200. The molecule has 3 heterocycles. The number of nitriles is 1. The first-order valence-electron chi connectivity index (χ1n) is 6.66. The number of carbonyl (C=O) groups is 1. The number of benzene rings is 1. The smallest absolute Gasteiger partial charge is 0.244 e. The van der Waals surface area contributed by atoms with E-state index in [9.17, 15) is 10.1 Å². The molecule has 1 aromatic rings. The molecule has 3 aliphatic rings. The first-order chi connectivity index (χ1) is 10.2.